The van der Waals surface area contributed by atoms with Crippen LogP contribution in [0.3, 0.4) is 0 Å². The van der Waals surface area contributed by atoms with Gasteiger partial charge in [-0.2, -0.15) is 5.10 Å². The highest BCUT2D eigenvalue weighted by Gasteiger charge is 2.21. The first kappa shape index (κ1) is 23.1. The molecule has 0 saturated heterocycles. The number of carbonyl (C=O) groups excluding carboxylic acids is 1. The van der Waals surface area contributed by atoms with Crippen molar-refractivity contribution >= 4 is 53.5 Å². The predicted octanol–water partition coefficient (Wildman–Crippen LogP) is 4.13. The number of hydroxylamine groups is 1. The van der Waals surface area contributed by atoms with Crippen LogP contribution in [0.5, 0.6) is 0 Å². The molecule has 35 heavy (non-hydrogen) atoms. The summed E-state index contributed by atoms with van der Waals surface area (Å²) in [6, 6.07) is 21.6. The minimum Gasteiger partial charge on any atom is -0.296 e. The molecule has 0 aliphatic heterocycles. The zero-order valence-electron chi connectivity index (χ0n) is 18.9. The number of para-hydroxylation sites is 2. The van der Waals surface area contributed by atoms with Gasteiger partial charge in [0.05, 0.1) is 34.3 Å². The Balaban J connectivity index is 1.42. The standard InChI is InChI=1S/C24H21N5O4S2/c1-28(33-2)35(31,32)17-13-11-16(12-14-17)15-29-20-9-5-3-7-18(20)22(27-29)23(30)26-24-25-19-8-4-6-10-21(19)34-24/h3-14H,15H2,1-2H3,(H,25,26,30). The highest BCUT2D eigenvalue weighted by molar-refractivity contribution is 7.89. The lowest BCUT2D eigenvalue weighted by Gasteiger charge is -2.14. The fraction of sp³-hybridized carbons (Fsp3) is 0.125. The quantitative estimate of drug-likeness (QED) is 0.332. The van der Waals surface area contributed by atoms with Gasteiger partial charge in [-0.05, 0) is 35.9 Å². The van der Waals surface area contributed by atoms with E-state index in [9.17, 15) is 13.2 Å². The van der Waals surface area contributed by atoms with Crippen LogP contribution in [0, 0.1) is 0 Å². The van der Waals surface area contributed by atoms with E-state index in [1.807, 2.05) is 48.5 Å². The average molecular weight is 508 g/mol. The van der Waals surface area contributed by atoms with Crippen molar-refractivity contribution in [2.24, 2.45) is 0 Å². The van der Waals surface area contributed by atoms with Crippen LogP contribution in [0.15, 0.2) is 77.7 Å². The van der Waals surface area contributed by atoms with Crippen LogP contribution < -0.4 is 5.32 Å². The molecule has 0 aliphatic rings. The summed E-state index contributed by atoms with van der Waals surface area (Å²) < 4.78 is 28.4. The summed E-state index contributed by atoms with van der Waals surface area (Å²) in [7, 11) is -1.10. The van der Waals surface area contributed by atoms with Crippen molar-refractivity contribution < 1.29 is 18.0 Å². The van der Waals surface area contributed by atoms with Crippen LogP contribution in [-0.4, -0.2) is 47.7 Å². The SMILES string of the molecule is CON(C)S(=O)(=O)c1ccc(Cn2nc(C(=O)Nc3nc4ccccc4s3)c3ccccc32)cc1. The second-order valence-electron chi connectivity index (χ2n) is 7.71. The van der Waals surface area contributed by atoms with Crippen LogP contribution in [-0.2, 0) is 21.4 Å². The van der Waals surface area contributed by atoms with E-state index in [1.165, 1.54) is 37.6 Å². The molecule has 2 heterocycles. The summed E-state index contributed by atoms with van der Waals surface area (Å²) in [5.41, 5.74) is 2.74. The number of anilines is 1. The molecule has 0 unspecified atom stereocenters. The van der Waals surface area contributed by atoms with Crippen molar-refractivity contribution in [2.45, 2.75) is 11.4 Å². The van der Waals surface area contributed by atoms with E-state index < -0.39 is 10.0 Å². The summed E-state index contributed by atoms with van der Waals surface area (Å²) in [5.74, 6) is -0.344. The van der Waals surface area contributed by atoms with Crippen LogP contribution in [0.4, 0.5) is 5.13 Å². The molecule has 0 fully saturated rings. The Kier molecular flexibility index (Phi) is 6.07. The van der Waals surface area contributed by atoms with Crippen molar-refractivity contribution in [3.63, 3.8) is 0 Å². The monoisotopic (exact) mass is 507 g/mol. The highest BCUT2D eigenvalue weighted by atomic mass is 32.2. The fourth-order valence-electron chi connectivity index (χ4n) is 3.68. The number of hydrogen-bond donors (Lipinski definition) is 1. The fourth-order valence-corrected chi connectivity index (χ4v) is 5.52. The Morgan fingerprint density at radius 2 is 1.77 bits per heavy atom. The van der Waals surface area contributed by atoms with Crippen molar-refractivity contribution in [2.75, 3.05) is 19.5 Å². The van der Waals surface area contributed by atoms with Gasteiger partial charge in [-0.25, -0.2) is 13.4 Å². The van der Waals surface area contributed by atoms with Gasteiger partial charge in [-0.1, -0.05) is 58.3 Å². The molecule has 0 aliphatic carbocycles. The molecule has 5 rings (SSSR count). The first-order valence-electron chi connectivity index (χ1n) is 10.6. The molecular formula is C24H21N5O4S2. The van der Waals surface area contributed by atoms with Crippen LogP contribution in [0.1, 0.15) is 16.1 Å². The second-order valence-corrected chi connectivity index (χ2v) is 10.7. The lowest BCUT2D eigenvalue weighted by molar-refractivity contribution is -0.0258. The van der Waals surface area contributed by atoms with Gasteiger partial charge in [0.2, 0.25) is 0 Å². The van der Waals surface area contributed by atoms with E-state index >= 15 is 0 Å². The maximum atomic E-state index is 13.1. The second kappa shape index (κ2) is 9.19. The minimum absolute atomic E-state index is 0.117. The van der Waals surface area contributed by atoms with E-state index in [4.69, 9.17) is 4.84 Å². The Morgan fingerprint density at radius 1 is 1.06 bits per heavy atom. The molecule has 0 bridgehead atoms. The number of sulfonamides is 1. The molecule has 11 heteroatoms. The lowest BCUT2D eigenvalue weighted by Crippen LogP contribution is -2.25. The predicted molar refractivity (Wildman–Crippen MR) is 135 cm³/mol. The highest BCUT2D eigenvalue weighted by Crippen LogP contribution is 2.27. The minimum atomic E-state index is -3.73. The van der Waals surface area contributed by atoms with E-state index in [-0.39, 0.29) is 10.8 Å². The first-order valence-corrected chi connectivity index (χ1v) is 12.9. The largest absolute Gasteiger partial charge is 0.296 e. The third-order valence-corrected chi connectivity index (χ3v) is 8.18. The molecule has 1 N–H and O–H groups in total. The van der Waals surface area contributed by atoms with Crippen LogP contribution in [0.2, 0.25) is 0 Å². The molecule has 0 spiro atoms. The van der Waals surface area contributed by atoms with Gasteiger partial charge >= 0.3 is 0 Å². The van der Waals surface area contributed by atoms with E-state index in [0.717, 1.165) is 25.8 Å². The Labute approximate surface area is 205 Å². The third-order valence-electron chi connectivity index (χ3n) is 5.54. The van der Waals surface area contributed by atoms with Crippen molar-refractivity contribution in [3.05, 3.63) is 84.1 Å². The van der Waals surface area contributed by atoms with Gasteiger partial charge in [-0.15, -0.1) is 0 Å². The van der Waals surface area contributed by atoms with Gasteiger partial charge in [0, 0.05) is 12.4 Å². The van der Waals surface area contributed by atoms with Gasteiger partial charge in [0.25, 0.3) is 15.9 Å². The number of benzene rings is 3. The molecule has 2 aromatic heterocycles. The molecular weight excluding hydrogens is 486 g/mol. The van der Waals surface area contributed by atoms with Crippen molar-refractivity contribution in [3.8, 4) is 0 Å². The molecule has 1 amide bonds. The number of amides is 1. The van der Waals surface area contributed by atoms with Gasteiger partial charge < -0.3 is 0 Å². The van der Waals surface area contributed by atoms with Crippen LogP contribution in [0.25, 0.3) is 21.1 Å². The summed E-state index contributed by atoms with van der Waals surface area (Å²) >= 11 is 1.40. The topological polar surface area (TPSA) is 106 Å². The lowest BCUT2D eigenvalue weighted by atomic mass is 10.2. The zero-order valence-corrected chi connectivity index (χ0v) is 20.5. The van der Waals surface area contributed by atoms with Gasteiger partial charge in [0.15, 0.2) is 10.8 Å². The number of rotatable bonds is 7. The first-order chi connectivity index (χ1) is 16.9. The van der Waals surface area contributed by atoms with E-state index in [0.29, 0.717) is 22.8 Å². The molecule has 3 aromatic carbocycles. The number of carbonyl (C=O) groups is 1. The summed E-state index contributed by atoms with van der Waals surface area (Å²) in [4.78, 5) is 22.5. The number of hydrogen-bond acceptors (Lipinski definition) is 7. The van der Waals surface area contributed by atoms with Crippen LogP contribution >= 0.6 is 11.3 Å². The van der Waals surface area contributed by atoms with E-state index in [2.05, 4.69) is 15.4 Å². The van der Waals surface area contributed by atoms with Gasteiger partial charge in [0.1, 0.15) is 0 Å². The number of fused-ring (bicyclic) bond motifs is 2. The van der Waals surface area contributed by atoms with Gasteiger partial charge in [-0.3, -0.25) is 19.6 Å². The third kappa shape index (κ3) is 4.42. The smallest absolute Gasteiger partial charge is 0.278 e. The molecule has 0 radical (unpaired) electrons. The van der Waals surface area contributed by atoms with E-state index in [1.54, 1.807) is 16.8 Å². The maximum Gasteiger partial charge on any atom is 0.278 e. The molecule has 5 aromatic rings. The maximum absolute atomic E-state index is 13.1. The zero-order chi connectivity index (χ0) is 24.6. The average Bonchev–Trinajstić information content (AvgIpc) is 3.45. The molecule has 0 atom stereocenters. The molecule has 178 valence electrons. The molecule has 0 saturated carbocycles. The number of nitrogens with zero attached hydrogens (tertiary/aromatic N) is 4. The number of thiazole rings is 1. The molecule has 9 nitrogen and oxygen atoms in total. The number of nitrogens with one attached hydrogen (secondary N) is 1. The van der Waals surface area contributed by atoms with Crippen molar-refractivity contribution in [1.82, 2.24) is 19.2 Å². The summed E-state index contributed by atoms with van der Waals surface area (Å²) in [6.07, 6.45) is 0. The van der Waals surface area contributed by atoms with Crippen molar-refractivity contribution in [1.29, 1.82) is 0 Å². The normalized spacial score (nSPS) is 12.0. The summed E-state index contributed by atoms with van der Waals surface area (Å²) in [6.45, 7) is 0.357. The Morgan fingerprint density at radius 3 is 2.51 bits per heavy atom. The Bertz CT molecular complexity index is 1610. The summed E-state index contributed by atoms with van der Waals surface area (Å²) in [5, 5.41) is 8.67. The Hall–Kier alpha value is -3.64. The number of aromatic nitrogens is 3.